The Morgan fingerprint density at radius 2 is 0.800 bits per heavy atom. The first kappa shape index (κ1) is 22.4. The molecular weight excluding hydrogens is 272 g/mol. The Morgan fingerprint density at radius 3 is 0.800 bits per heavy atom. The molecule has 0 aromatic heterocycles. The van der Waals surface area contributed by atoms with E-state index in [1.165, 1.54) is 0 Å². The van der Waals surface area contributed by atoms with Crippen LogP contribution in [0.3, 0.4) is 0 Å². The van der Waals surface area contributed by atoms with E-state index in [1.54, 1.807) is 0 Å². The molecule has 0 N–H and O–H groups in total. The third kappa shape index (κ3) is 3210. The minimum atomic E-state index is -3.63. The van der Waals surface area contributed by atoms with Gasteiger partial charge in [-0.05, 0) is 0 Å². The summed E-state index contributed by atoms with van der Waals surface area (Å²) in [7, 11) is -7.26. The van der Waals surface area contributed by atoms with E-state index >= 15 is 0 Å². The van der Waals surface area contributed by atoms with Crippen LogP contribution in [-0.4, -0.2) is 18.3 Å². The minimum absolute atomic E-state index is 0. The SMILES string of the molecule is O=[Si]([O-])[O-].O=[Si]([O-])[O-].[Mn+2].[Zn+2]. The molecule has 0 amide bonds. The Balaban J connectivity index is -0.0000000300. The van der Waals surface area contributed by atoms with Crippen molar-refractivity contribution in [2.45, 2.75) is 0 Å². The van der Waals surface area contributed by atoms with Crippen LogP contribution in [0.5, 0.6) is 0 Å². The Bertz CT molecular complexity index is 73.7. The maximum atomic E-state index is 8.52. The van der Waals surface area contributed by atoms with Gasteiger partial charge in [0.2, 0.25) is 0 Å². The molecule has 10 heavy (non-hydrogen) atoms. The van der Waals surface area contributed by atoms with Crippen LogP contribution in [0.1, 0.15) is 0 Å². The number of hydrogen-bond acceptors (Lipinski definition) is 6. The summed E-state index contributed by atoms with van der Waals surface area (Å²) in [5.74, 6) is 0. The van der Waals surface area contributed by atoms with Crippen molar-refractivity contribution in [3.63, 3.8) is 0 Å². The van der Waals surface area contributed by atoms with E-state index in [2.05, 4.69) is 0 Å². The fourth-order valence-corrected chi connectivity index (χ4v) is 0. The van der Waals surface area contributed by atoms with Crippen LogP contribution < -0.4 is 19.2 Å². The first-order chi connectivity index (χ1) is 3.46. The van der Waals surface area contributed by atoms with Gasteiger partial charge in [-0.3, -0.25) is 0 Å². The molecule has 0 aromatic rings. The van der Waals surface area contributed by atoms with Crippen molar-refractivity contribution in [3.8, 4) is 0 Å². The van der Waals surface area contributed by atoms with Crippen molar-refractivity contribution in [2.75, 3.05) is 0 Å². The first-order valence-corrected chi connectivity index (χ1v) is 3.67. The van der Waals surface area contributed by atoms with Crippen LogP contribution in [0.2, 0.25) is 0 Å². The molecule has 0 aliphatic carbocycles. The van der Waals surface area contributed by atoms with E-state index in [9.17, 15) is 0 Å². The molecule has 0 aliphatic heterocycles. The average Bonchev–Trinajstić information content (AvgIpc) is 1.25. The van der Waals surface area contributed by atoms with Gasteiger partial charge in [0.05, 0.1) is 0 Å². The molecule has 1 radical (unpaired) electrons. The standard InChI is InChI=1S/Mn.2O3Si.Zn/c;2*1-4(2)3;/q+2;2*-2;+2. The second-order valence-electron chi connectivity index (χ2n) is 0.500. The molecule has 0 rings (SSSR count). The molecule has 0 spiro atoms. The Labute approximate surface area is 82.9 Å². The molecule has 0 bridgehead atoms. The summed E-state index contributed by atoms with van der Waals surface area (Å²) in [6, 6.07) is 0. The largest absolute Gasteiger partial charge is 2.00 e. The van der Waals surface area contributed by atoms with E-state index in [4.69, 9.17) is 28.1 Å². The van der Waals surface area contributed by atoms with E-state index in [1.807, 2.05) is 0 Å². The third-order valence-electron chi connectivity index (χ3n) is 0. The molecule has 10 heteroatoms. The Morgan fingerprint density at radius 1 is 0.800 bits per heavy atom. The topological polar surface area (TPSA) is 126 Å². The van der Waals surface area contributed by atoms with Crippen molar-refractivity contribution >= 4 is 18.3 Å². The van der Waals surface area contributed by atoms with Crippen LogP contribution >= 0.6 is 0 Å². The second kappa shape index (κ2) is 16.2. The van der Waals surface area contributed by atoms with E-state index in [0.29, 0.717) is 0 Å². The summed E-state index contributed by atoms with van der Waals surface area (Å²) in [4.78, 5) is 34.1. The van der Waals surface area contributed by atoms with Gasteiger partial charge in [0.25, 0.3) is 0 Å². The third-order valence-corrected chi connectivity index (χ3v) is 0. The summed E-state index contributed by atoms with van der Waals surface area (Å²) in [6.45, 7) is 0. The quantitative estimate of drug-likeness (QED) is 0.404. The van der Waals surface area contributed by atoms with Crippen LogP contribution in [0.4, 0.5) is 0 Å². The van der Waals surface area contributed by atoms with E-state index in [-0.39, 0.29) is 36.5 Å². The molecular formula is MnO6Si2Zn. The van der Waals surface area contributed by atoms with Gasteiger partial charge >= 0.3 is 36.5 Å². The van der Waals surface area contributed by atoms with Crippen molar-refractivity contribution in [1.29, 1.82) is 0 Å². The Hall–Kier alpha value is 0.377. The summed E-state index contributed by atoms with van der Waals surface area (Å²) < 4.78 is 17.0. The fraction of sp³-hybridized carbons (Fsp3) is 0. The Kier molecular flexibility index (Phi) is 36.3. The molecule has 0 fully saturated rings. The zero-order chi connectivity index (χ0) is 7.15. The van der Waals surface area contributed by atoms with Gasteiger partial charge in [0.1, 0.15) is 0 Å². The second-order valence-corrected chi connectivity index (χ2v) is 1.50. The predicted molar refractivity (Wildman–Crippen MR) is 12.9 cm³/mol. The number of hydrogen-bond donors (Lipinski definition) is 0. The fourth-order valence-electron chi connectivity index (χ4n) is 0. The van der Waals surface area contributed by atoms with Crippen LogP contribution in [0, 0.1) is 0 Å². The van der Waals surface area contributed by atoms with Gasteiger partial charge in [-0.1, -0.05) is 0 Å². The smallest absolute Gasteiger partial charge is 0.672 e. The van der Waals surface area contributed by atoms with Gasteiger partial charge in [0, 0.05) is 18.3 Å². The van der Waals surface area contributed by atoms with Gasteiger partial charge < -0.3 is 28.1 Å². The molecule has 0 unspecified atom stereocenters. The molecule has 0 saturated carbocycles. The maximum Gasteiger partial charge on any atom is 2.00 e. The van der Waals surface area contributed by atoms with Crippen molar-refractivity contribution in [2.24, 2.45) is 0 Å². The molecule has 0 aromatic carbocycles. The van der Waals surface area contributed by atoms with Gasteiger partial charge in [0.15, 0.2) is 0 Å². The first-order valence-electron chi connectivity index (χ1n) is 1.22. The molecule has 6 nitrogen and oxygen atoms in total. The average molecular weight is 272 g/mol. The van der Waals surface area contributed by atoms with Gasteiger partial charge in [-0.25, -0.2) is 0 Å². The minimum Gasteiger partial charge on any atom is -0.672 e. The number of rotatable bonds is 0. The van der Waals surface area contributed by atoms with Crippen molar-refractivity contribution in [1.82, 2.24) is 0 Å². The van der Waals surface area contributed by atoms with Crippen molar-refractivity contribution < 1.29 is 64.7 Å². The summed E-state index contributed by atoms with van der Waals surface area (Å²) in [6.07, 6.45) is 0. The monoisotopic (exact) mass is 271 g/mol. The van der Waals surface area contributed by atoms with Crippen molar-refractivity contribution in [3.05, 3.63) is 0 Å². The molecule has 0 aliphatic rings. The zero-order valence-corrected chi connectivity index (χ0v) is 10.7. The normalized spacial score (nSPS) is 4.80. The van der Waals surface area contributed by atoms with Crippen LogP contribution in [0.15, 0.2) is 0 Å². The molecule has 0 heterocycles. The molecule has 0 atom stereocenters. The van der Waals surface area contributed by atoms with Gasteiger partial charge in [-0.2, -0.15) is 0 Å². The van der Waals surface area contributed by atoms with Crippen LogP contribution in [-0.2, 0) is 45.5 Å². The summed E-state index contributed by atoms with van der Waals surface area (Å²) >= 11 is 0. The predicted octanol–water partition coefficient (Wildman–Crippen LogP) is -5.76. The molecule has 53 valence electrons. The molecule has 0 saturated heterocycles. The zero-order valence-electron chi connectivity index (χ0n) is 4.53. The van der Waals surface area contributed by atoms with E-state index < -0.39 is 18.3 Å². The summed E-state index contributed by atoms with van der Waals surface area (Å²) in [5, 5.41) is 0. The maximum absolute atomic E-state index is 8.52. The van der Waals surface area contributed by atoms with E-state index in [0.717, 1.165) is 0 Å². The summed E-state index contributed by atoms with van der Waals surface area (Å²) in [5.41, 5.74) is 0. The van der Waals surface area contributed by atoms with Crippen LogP contribution in [0.25, 0.3) is 0 Å². The van der Waals surface area contributed by atoms with Gasteiger partial charge in [-0.15, -0.1) is 0 Å².